The fourth-order valence-corrected chi connectivity index (χ4v) is 1.66. The van der Waals surface area contributed by atoms with E-state index < -0.39 is 0 Å². The van der Waals surface area contributed by atoms with Gasteiger partial charge in [0.15, 0.2) is 5.78 Å². The molecular weight excluding hydrogens is 259 g/mol. The average molecular weight is 267 g/mol. The third-order valence-electron chi connectivity index (χ3n) is 2.21. The van der Waals surface area contributed by atoms with E-state index in [1.165, 1.54) is 0 Å². The van der Waals surface area contributed by atoms with E-state index in [4.69, 9.17) is 23.2 Å². The predicted molar refractivity (Wildman–Crippen MR) is 66.5 cm³/mol. The lowest BCUT2D eigenvalue weighted by molar-refractivity contribution is 0.0991. The van der Waals surface area contributed by atoms with Crippen molar-refractivity contribution >= 4 is 29.0 Å². The molecule has 0 saturated carbocycles. The molecule has 0 unspecified atom stereocenters. The van der Waals surface area contributed by atoms with Crippen LogP contribution in [0.3, 0.4) is 0 Å². The van der Waals surface area contributed by atoms with Crippen LogP contribution in [0.1, 0.15) is 16.1 Å². The van der Waals surface area contributed by atoms with Gasteiger partial charge in [-0.3, -0.25) is 4.79 Å². The maximum atomic E-state index is 11.9. The fraction of sp³-hybridized carbons (Fsp3) is 0.0833. The van der Waals surface area contributed by atoms with Gasteiger partial charge >= 0.3 is 0 Å². The molecule has 3 nitrogen and oxygen atoms in total. The van der Waals surface area contributed by atoms with Crippen LogP contribution in [0, 0.1) is 0 Å². The number of halogens is 2. The van der Waals surface area contributed by atoms with Crippen molar-refractivity contribution in [2.45, 2.75) is 6.42 Å². The van der Waals surface area contributed by atoms with Crippen LogP contribution in [0.4, 0.5) is 0 Å². The molecular formula is C12H8Cl2N2O. The SMILES string of the molecule is O=C(Cc1cccnn1)c1ccc(Cl)c(Cl)c1. The molecule has 0 atom stereocenters. The Bertz CT molecular complexity index is 543. The molecule has 1 aromatic carbocycles. The van der Waals surface area contributed by atoms with Crippen LogP contribution in [-0.4, -0.2) is 16.0 Å². The lowest BCUT2D eigenvalue weighted by Crippen LogP contribution is -2.05. The second-order valence-electron chi connectivity index (χ2n) is 3.44. The Morgan fingerprint density at radius 1 is 1.18 bits per heavy atom. The minimum absolute atomic E-state index is 0.0657. The normalized spacial score (nSPS) is 10.2. The topological polar surface area (TPSA) is 42.9 Å². The van der Waals surface area contributed by atoms with Gasteiger partial charge in [-0.25, -0.2) is 0 Å². The van der Waals surface area contributed by atoms with Crippen molar-refractivity contribution in [1.82, 2.24) is 10.2 Å². The van der Waals surface area contributed by atoms with Crippen LogP contribution in [0.2, 0.25) is 10.0 Å². The summed E-state index contributed by atoms with van der Waals surface area (Å²) in [6, 6.07) is 8.30. The van der Waals surface area contributed by atoms with Crippen molar-refractivity contribution in [3.8, 4) is 0 Å². The average Bonchev–Trinajstić information content (AvgIpc) is 2.34. The van der Waals surface area contributed by atoms with Crippen LogP contribution in [0.25, 0.3) is 0 Å². The quantitative estimate of drug-likeness (QED) is 0.802. The predicted octanol–water partition coefficient (Wildman–Crippen LogP) is 3.21. The maximum Gasteiger partial charge on any atom is 0.168 e. The van der Waals surface area contributed by atoms with Gasteiger partial charge in [0.05, 0.1) is 22.2 Å². The molecule has 0 fully saturated rings. The first kappa shape index (κ1) is 12.0. The van der Waals surface area contributed by atoms with Gasteiger partial charge < -0.3 is 0 Å². The summed E-state index contributed by atoms with van der Waals surface area (Å²) in [5.41, 5.74) is 1.15. The number of benzene rings is 1. The molecule has 0 aliphatic heterocycles. The summed E-state index contributed by atoms with van der Waals surface area (Å²) in [4.78, 5) is 11.9. The Morgan fingerprint density at radius 2 is 2.00 bits per heavy atom. The Kier molecular flexibility index (Phi) is 3.71. The highest BCUT2D eigenvalue weighted by atomic mass is 35.5. The van der Waals surface area contributed by atoms with Crippen LogP contribution in [-0.2, 0) is 6.42 Å². The molecule has 0 saturated heterocycles. The number of hydrogen-bond acceptors (Lipinski definition) is 3. The summed E-state index contributed by atoms with van der Waals surface area (Å²) in [6.07, 6.45) is 1.76. The van der Waals surface area contributed by atoms with E-state index in [0.29, 0.717) is 21.3 Å². The standard InChI is InChI=1S/C12H8Cl2N2O/c13-10-4-3-8(6-11(10)14)12(17)7-9-2-1-5-15-16-9/h1-6H,7H2. The minimum atomic E-state index is -0.0657. The second-order valence-corrected chi connectivity index (χ2v) is 4.26. The number of aromatic nitrogens is 2. The van der Waals surface area contributed by atoms with Crippen molar-refractivity contribution in [2.24, 2.45) is 0 Å². The first-order valence-corrected chi connectivity index (χ1v) is 5.67. The summed E-state index contributed by atoms with van der Waals surface area (Å²) >= 11 is 11.6. The molecule has 2 aromatic rings. The summed E-state index contributed by atoms with van der Waals surface area (Å²) in [7, 11) is 0. The number of ketones is 1. The van der Waals surface area contributed by atoms with Crippen LogP contribution in [0.5, 0.6) is 0 Å². The summed E-state index contributed by atoms with van der Waals surface area (Å²) < 4.78 is 0. The smallest absolute Gasteiger partial charge is 0.168 e. The molecule has 1 heterocycles. The van der Waals surface area contributed by atoms with Gasteiger partial charge in [-0.15, -0.1) is 0 Å². The Balaban J connectivity index is 2.18. The van der Waals surface area contributed by atoms with Crippen molar-refractivity contribution in [2.75, 3.05) is 0 Å². The van der Waals surface area contributed by atoms with Crippen LogP contribution >= 0.6 is 23.2 Å². The molecule has 0 amide bonds. The molecule has 0 N–H and O–H groups in total. The Labute approximate surface area is 108 Å². The van der Waals surface area contributed by atoms with E-state index in [1.54, 1.807) is 36.5 Å². The summed E-state index contributed by atoms with van der Waals surface area (Å²) in [5, 5.41) is 8.37. The van der Waals surface area contributed by atoms with Gasteiger partial charge in [-0.2, -0.15) is 10.2 Å². The molecule has 1 aromatic heterocycles. The number of carbonyl (C=O) groups excluding carboxylic acids is 1. The highest BCUT2D eigenvalue weighted by Gasteiger charge is 2.09. The van der Waals surface area contributed by atoms with E-state index in [9.17, 15) is 4.79 Å². The molecule has 0 aliphatic carbocycles. The van der Waals surface area contributed by atoms with E-state index in [1.807, 2.05) is 0 Å². The number of hydrogen-bond donors (Lipinski definition) is 0. The number of nitrogens with zero attached hydrogens (tertiary/aromatic N) is 2. The van der Waals surface area contributed by atoms with Crippen molar-refractivity contribution < 1.29 is 4.79 Å². The number of Topliss-reactive ketones (excluding diaryl/α,β-unsaturated/α-hetero) is 1. The first-order chi connectivity index (χ1) is 8.16. The number of carbonyl (C=O) groups is 1. The van der Waals surface area contributed by atoms with E-state index in [2.05, 4.69) is 10.2 Å². The van der Waals surface area contributed by atoms with Gasteiger partial charge in [0.2, 0.25) is 0 Å². The molecule has 86 valence electrons. The maximum absolute atomic E-state index is 11.9. The Morgan fingerprint density at radius 3 is 2.65 bits per heavy atom. The monoisotopic (exact) mass is 266 g/mol. The third-order valence-corrected chi connectivity index (χ3v) is 2.95. The van der Waals surface area contributed by atoms with Crippen LogP contribution in [0.15, 0.2) is 36.5 Å². The summed E-state index contributed by atoms with van der Waals surface area (Å²) in [6.45, 7) is 0. The third kappa shape index (κ3) is 3.02. The lowest BCUT2D eigenvalue weighted by atomic mass is 10.1. The highest BCUT2D eigenvalue weighted by Crippen LogP contribution is 2.23. The van der Waals surface area contributed by atoms with Gasteiger partial charge in [0, 0.05) is 11.8 Å². The van der Waals surface area contributed by atoms with Crippen molar-refractivity contribution in [1.29, 1.82) is 0 Å². The molecule has 2 rings (SSSR count). The zero-order valence-corrected chi connectivity index (χ0v) is 10.2. The van der Waals surface area contributed by atoms with Crippen molar-refractivity contribution in [3.05, 3.63) is 57.8 Å². The molecule has 0 aliphatic rings. The molecule has 0 bridgehead atoms. The fourth-order valence-electron chi connectivity index (χ4n) is 1.36. The van der Waals surface area contributed by atoms with Crippen molar-refractivity contribution in [3.63, 3.8) is 0 Å². The van der Waals surface area contributed by atoms with Gasteiger partial charge in [0.1, 0.15) is 0 Å². The second kappa shape index (κ2) is 5.25. The summed E-state index contributed by atoms with van der Waals surface area (Å²) in [5.74, 6) is -0.0657. The molecule has 0 radical (unpaired) electrons. The molecule has 17 heavy (non-hydrogen) atoms. The van der Waals surface area contributed by atoms with E-state index in [-0.39, 0.29) is 12.2 Å². The molecule has 5 heteroatoms. The van der Waals surface area contributed by atoms with Gasteiger partial charge in [-0.05, 0) is 30.3 Å². The zero-order valence-electron chi connectivity index (χ0n) is 8.73. The van der Waals surface area contributed by atoms with Gasteiger partial charge in [0.25, 0.3) is 0 Å². The highest BCUT2D eigenvalue weighted by molar-refractivity contribution is 6.42. The van der Waals surface area contributed by atoms with E-state index >= 15 is 0 Å². The largest absolute Gasteiger partial charge is 0.294 e. The Hall–Kier alpha value is -1.45. The van der Waals surface area contributed by atoms with E-state index in [0.717, 1.165) is 0 Å². The zero-order chi connectivity index (χ0) is 12.3. The lowest BCUT2D eigenvalue weighted by Gasteiger charge is -2.02. The van der Waals surface area contributed by atoms with Gasteiger partial charge in [-0.1, -0.05) is 23.2 Å². The van der Waals surface area contributed by atoms with Crippen LogP contribution < -0.4 is 0 Å². The number of rotatable bonds is 3. The minimum Gasteiger partial charge on any atom is -0.294 e. The first-order valence-electron chi connectivity index (χ1n) is 4.91. The molecule has 0 spiro atoms.